The molecule has 3 nitrogen and oxygen atoms in total. The SMILES string of the molecule is CCC(O)c1ccc(C2CCC(COC3CCC(C4CCC(c5ccc(C6CO6)c(F)c5F)CC4)CC3)CC2)c(F)c1F. The van der Waals surface area contributed by atoms with Crippen LogP contribution in [0.1, 0.15) is 137 Å². The lowest BCUT2D eigenvalue weighted by molar-refractivity contribution is -0.0149. The highest BCUT2D eigenvalue weighted by atomic mass is 19.2. The monoisotopic (exact) mass is 602 g/mol. The Balaban J connectivity index is 0.908. The summed E-state index contributed by atoms with van der Waals surface area (Å²) in [7, 11) is 0. The van der Waals surface area contributed by atoms with E-state index in [0.29, 0.717) is 53.6 Å². The molecule has 0 radical (unpaired) electrons. The minimum Gasteiger partial charge on any atom is -0.388 e. The van der Waals surface area contributed by atoms with Crippen LogP contribution in [0.25, 0.3) is 0 Å². The average molecular weight is 603 g/mol. The van der Waals surface area contributed by atoms with Crippen LogP contribution in [-0.2, 0) is 9.47 Å². The van der Waals surface area contributed by atoms with Gasteiger partial charge in [-0.05, 0) is 124 Å². The minimum absolute atomic E-state index is 0.0105. The molecule has 1 N–H and O–H groups in total. The molecule has 4 fully saturated rings. The summed E-state index contributed by atoms with van der Waals surface area (Å²) in [6.07, 6.45) is 11.4. The van der Waals surface area contributed by atoms with Gasteiger partial charge in [-0.1, -0.05) is 31.2 Å². The van der Waals surface area contributed by atoms with Crippen LogP contribution in [0.15, 0.2) is 24.3 Å². The summed E-state index contributed by atoms with van der Waals surface area (Å²) in [4.78, 5) is 0. The Morgan fingerprint density at radius 2 is 1.19 bits per heavy atom. The fourth-order valence-corrected chi connectivity index (χ4v) is 8.28. The molecule has 2 unspecified atom stereocenters. The first-order chi connectivity index (χ1) is 20.8. The predicted molar refractivity (Wildman–Crippen MR) is 158 cm³/mol. The van der Waals surface area contributed by atoms with Gasteiger partial charge in [-0.15, -0.1) is 0 Å². The predicted octanol–water partition coefficient (Wildman–Crippen LogP) is 9.58. The topological polar surface area (TPSA) is 42.0 Å². The molecule has 3 aliphatic carbocycles. The van der Waals surface area contributed by atoms with Gasteiger partial charge >= 0.3 is 0 Å². The molecule has 2 aromatic rings. The van der Waals surface area contributed by atoms with Crippen LogP contribution in [0.2, 0.25) is 0 Å². The molecule has 4 aliphatic rings. The van der Waals surface area contributed by atoms with E-state index in [1.807, 2.05) is 0 Å². The standard InChI is InChI=1S/C36H46F4O3/c1-2-31(41)29-17-15-27(33(37)35(29)39)24-5-3-21(4-6-24)19-42-26-13-11-23(12-14-26)22-7-9-25(10-8-22)28-16-18-30(32-20-43-32)36(40)34(28)38/h15-18,21-26,31-32,41H,2-14,19-20H2,1H3. The maximum atomic E-state index is 14.8. The number of hydrogen-bond donors (Lipinski definition) is 1. The van der Waals surface area contributed by atoms with Gasteiger partial charge in [0.25, 0.3) is 0 Å². The molecule has 43 heavy (non-hydrogen) atoms. The maximum Gasteiger partial charge on any atom is 0.165 e. The summed E-state index contributed by atoms with van der Waals surface area (Å²) in [5, 5.41) is 9.96. The molecule has 1 heterocycles. The van der Waals surface area contributed by atoms with E-state index in [9.17, 15) is 22.7 Å². The largest absolute Gasteiger partial charge is 0.388 e. The third-order valence-corrected chi connectivity index (χ3v) is 11.2. The molecule has 0 amide bonds. The molecule has 1 saturated heterocycles. The van der Waals surface area contributed by atoms with E-state index in [1.54, 1.807) is 31.2 Å². The lowest BCUT2D eigenvalue weighted by Gasteiger charge is -2.38. The second-order valence-electron chi connectivity index (χ2n) is 13.7. The molecule has 0 spiro atoms. The first-order valence-corrected chi connectivity index (χ1v) is 16.7. The van der Waals surface area contributed by atoms with Gasteiger partial charge in [-0.2, -0.15) is 0 Å². The number of aliphatic hydroxyl groups excluding tert-OH is 1. The van der Waals surface area contributed by atoms with Gasteiger partial charge in [-0.25, -0.2) is 17.6 Å². The third kappa shape index (κ3) is 6.84. The summed E-state index contributed by atoms with van der Waals surface area (Å²) in [5.74, 6) is -1.20. The van der Waals surface area contributed by atoms with Crippen molar-refractivity contribution < 1.29 is 32.1 Å². The molecule has 2 aromatic carbocycles. The van der Waals surface area contributed by atoms with Crippen LogP contribution >= 0.6 is 0 Å². The first-order valence-electron chi connectivity index (χ1n) is 16.7. The number of ether oxygens (including phenoxy) is 2. The Morgan fingerprint density at radius 1 is 0.698 bits per heavy atom. The lowest BCUT2D eigenvalue weighted by Crippen LogP contribution is -2.30. The van der Waals surface area contributed by atoms with Crippen molar-refractivity contribution in [1.29, 1.82) is 0 Å². The zero-order valence-corrected chi connectivity index (χ0v) is 25.3. The summed E-state index contributed by atoms with van der Waals surface area (Å²) in [6.45, 7) is 2.96. The normalized spacial score (nSPS) is 32.0. The summed E-state index contributed by atoms with van der Waals surface area (Å²) >= 11 is 0. The summed E-state index contributed by atoms with van der Waals surface area (Å²) in [5.41, 5.74) is 1.37. The van der Waals surface area contributed by atoms with Crippen molar-refractivity contribution in [2.45, 2.75) is 121 Å². The molecular formula is C36H46F4O3. The maximum absolute atomic E-state index is 14.8. The average Bonchev–Trinajstić information content (AvgIpc) is 3.89. The Labute approximate surface area is 253 Å². The zero-order chi connectivity index (χ0) is 30.1. The Hall–Kier alpha value is -1.96. The molecule has 6 rings (SSSR count). The van der Waals surface area contributed by atoms with Crippen LogP contribution in [-0.4, -0.2) is 24.4 Å². The molecule has 3 saturated carbocycles. The van der Waals surface area contributed by atoms with Crippen LogP contribution < -0.4 is 0 Å². The van der Waals surface area contributed by atoms with E-state index in [4.69, 9.17) is 9.47 Å². The fourth-order valence-electron chi connectivity index (χ4n) is 8.28. The summed E-state index contributed by atoms with van der Waals surface area (Å²) in [6, 6.07) is 6.71. The Morgan fingerprint density at radius 3 is 1.77 bits per heavy atom. The minimum atomic E-state index is -0.976. The number of rotatable bonds is 9. The van der Waals surface area contributed by atoms with E-state index >= 15 is 0 Å². The van der Waals surface area contributed by atoms with Gasteiger partial charge in [0.1, 0.15) is 6.10 Å². The van der Waals surface area contributed by atoms with Crippen molar-refractivity contribution in [1.82, 2.24) is 0 Å². The smallest absolute Gasteiger partial charge is 0.165 e. The highest BCUT2D eigenvalue weighted by Gasteiger charge is 2.35. The Kier molecular flexibility index (Phi) is 9.80. The van der Waals surface area contributed by atoms with Gasteiger partial charge in [0.05, 0.1) is 18.8 Å². The number of aliphatic hydroxyl groups is 1. The van der Waals surface area contributed by atoms with Crippen molar-refractivity contribution in [3.8, 4) is 0 Å². The molecule has 7 heteroatoms. The number of hydrogen-bond acceptors (Lipinski definition) is 3. The molecule has 0 aromatic heterocycles. The fraction of sp³-hybridized carbons (Fsp3) is 0.667. The van der Waals surface area contributed by atoms with Crippen molar-refractivity contribution in [3.63, 3.8) is 0 Å². The molecule has 0 bridgehead atoms. The molecular weight excluding hydrogens is 556 g/mol. The number of benzene rings is 2. The van der Waals surface area contributed by atoms with Crippen molar-refractivity contribution in [2.24, 2.45) is 17.8 Å². The second-order valence-corrected chi connectivity index (χ2v) is 13.7. The number of epoxide rings is 1. The second kappa shape index (κ2) is 13.6. The quantitative estimate of drug-likeness (QED) is 0.230. The molecule has 2 atom stereocenters. The van der Waals surface area contributed by atoms with Crippen molar-refractivity contribution in [2.75, 3.05) is 13.2 Å². The van der Waals surface area contributed by atoms with Crippen LogP contribution in [0.4, 0.5) is 17.6 Å². The summed E-state index contributed by atoms with van der Waals surface area (Å²) < 4.78 is 70.3. The highest BCUT2D eigenvalue weighted by Crippen LogP contribution is 2.45. The van der Waals surface area contributed by atoms with Gasteiger partial charge in [0, 0.05) is 17.7 Å². The van der Waals surface area contributed by atoms with E-state index in [2.05, 4.69) is 0 Å². The third-order valence-electron chi connectivity index (χ3n) is 11.2. The zero-order valence-electron chi connectivity index (χ0n) is 25.3. The lowest BCUT2D eigenvalue weighted by atomic mass is 9.69. The van der Waals surface area contributed by atoms with Crippen molar-refractivity contribution in [3.05, 3.63) is 69.8 Å². The molecule has 236 valence electrons. The van der Waals surface area contributed by atoms with Gasteiger partial charge in [0.15, 0.2) is 23.3 Å². The van der Waals surface area contributed by atoms with E-state index in [1.165, 1.54) is 12.8 Å². The van der Waals surface area contributed by atoms with Crippen LogP contribution in [0.5, 0.6) is 0 Å². The van der Waals surface area contributed by atoms with Crippen LogP contribution in [0.3, 0.4) is 0 Å². The molecule has 1 aliphatic heterocycles. The van der Waals surface area contributed by atoms with E-state index < -0.39 is 29.4 Å². The van der Waals surface area contributed by atoms with Crippen LogP contribution in [0, 0.1) is 41.0 Å². The Bertz CT molecular complexity index is 1240. The van der Waals surface area contributed by atoms with Gasteiger partial charge < -0.3 is 14.6 Å². The van der Waals surface area contributed by atoms with E-state index in [-0.39, 0.29) is 23.5 Å². The van der Waals surface area contributed by atoms with Gasteiger partial charge in [0.2, 0.25) is 0 Å². The highest BCUT2D eigenvalue weighted by molar-refractivity contribution is 5.32. The van der Waals surface area contributed by atoms with E-state index in [0.717, 1.165) is 70.8 Å². The van der Waals surface area contributed by atoms with Crippen molar-refractivity contribution >= 4 is 0 Å². The first kappa shape index (κ1) is 31.0. The van der Waals surface area contributed by atoms with Gasteiger partial charge in [-0.3, -0.25) is 0 Å². The number of halogens is 4.